The Morgan fingerprint density at radius 2 is 1.95 bits per heavy atom. The minimum atomic E-state index is -0.679. The van der Waals surface area contributed by atoms with Gasteiger partial charge in [0.05, 0.1) is 5.56 Å². The highest BCUT2D eigenvalue weighted by Gasteiger charge is 2.45. The maximum absolute atomic E-state index is 12.6. The van der Waals surface area contributed by atoms with Gasteiger partial charge in [-0.05, 0) is 34.1 Å². The summed E-state index contributed by atoms with van der Waals surface area (Å²) in [6, 6.07) is 0. The fourth-order valence-corrected chi connectivity index (χ4v) is 2.55. The minimum Gasteiger partial charge on any atom is -0.360 e. The second-order valence-electron chi connectivity index (χ2n) is 5.91. The largest absolute Gasteiger partial charge is 0.360 e. The van der Waals surface area contributed by atoms with Crippen molar-refractivity contribution in [1.82, 2.24) is 5.16 Å². The van der Waals surface area contributed by atoms with Crippen LogP contribution in [0, 0.1) is 12.3 Å². The van der Waals surface area contributed by atoms with Crippen LogP contribution in [0.4, 0.5) is 0 Å². The first-order chi connectivity index (χ1) is 8.76. The van der Waals surface area contributed by atoms with Gasteiger partial charge in [-0.2, -0.15) is 0 Å². The molecule has 1 aliphatic rings. The molecule has 4 heteroatoms. The lowest BCUT2D eigenvalue weighted by atomic mass is 9.69. The molecule has 1 atom stereocenters. The lowest BCUT2D eigenvalue weighted by molar-refractivity contribution is 0.0710. The monoisotopic (exact) mass is 261 g/mol. The van der Waals surface area contributed by atoms with Crippen molar-refractivity contribution in [2.24, 2.45) is 5.41 Å². The number of fused-ring (bicyclic) bond motifs is 1. The number of rotatable bonds is 2. The summed E-state index contributed by atoms with van der Waals surface area (Å²) in [5, 5.41) is 3.71. The van der Waals surface area contributed by atoms with Crippen molar-refractivity contribution in [3.05, 3.63) is 28.2 Å². The van der Waals surface area contributed by atoms with E-state index in [2.05, 4.69) is 5.16 Å². The number of carbonyl (C=O) groups excluding carboxylic acids is 2. The summed E-state index contributed by atoms with van der Waals surface area (Å²) in [6.45, 7) is 9.58. The highest BCUT2D eigenvalue weighted by atomic mass is 16.5. The van der Waals surface area contributed by atoms with E-state index in [1.807, 2.05) is 27.7 Å². The molecular weight excluding hydrogens is 242 g/mol. The highest BCUT2D eigenvalue weighted by Crippen LogP contribution is 2.41. The number of hydrogen-bond donors (Lipinski definition) is 0. The van der Waals surface area contributed by atoms with Gasteiger partial charge in [0.15, 0.2) is 17.3 Å². The number of carbonyl (C=O) groups is 2. The molecule has 1 aliphatic carbocycles. The fourth-order valence-electron chi connectivity index (χ4n) is 2.55. The third-order valence-corrected chi connectivity index (χ3v) is 3.96. The van der Waals surface area contributed by atoms with Crippen LogP contribution in [0.15, 0.2) is 15.7 Å². The molecule has 2 rings (SSSR count). The Bertz CT molecular complexity index is 591. The lowest BCUT2D eigenvalue weighted by Gasteiger charge is -2.31. The second kappa shape index (κ2) is 4.44. The Morgan fingerprint density at radius 1 is 1.32 bits per heavy atom. The Morgan fingerprint density at radius 3 is 2.53 bits per heavy atom. The van der Waals surface area contributed by atoms with Gasteiger partial charge in [-0.1, -0.05) is 23.2 Å². The molecule has 0 aliphatic heterocycles. The van der Waals surface area contributed by atoms with Crippen molar-refractivity contribution in [1.29, 1.82) is 0 Å². The average Bonchev–Trinajstić information content (AvgIpc) is 2.68. The van der Waals surface area contributed by atoms with Crippen LogP contribution in [-0.2, 0) is 0 Å². The molecule has 0 radical (unpaired) electrons. The number of allylic oxidation sites excluding steroid dienone is 2. The number of ketones is 2. The number of nitrogens with zero attached hydrogens (tertiary/aromatic N) is 1. The highest BCUT2D eigenvalue weighted by molar-refractivity contribution is 6.16. The predicted molar refractivity (Wildman–Crippen MR) is 71.3 cm³/mol. The van der Waals surface area contributed by atoms with Crippen LogP contribution in [0.3, 0.4) is 0 Å². The Kier molecular flexibility index (Phi) is 3.20. The molecule has 0 saturated carbocycles. The van der Waals surface area contributed by atoms with Crippen LogP contribution in [0.2, 0.25) is 0 Å². The number of aromatic nitrogens is 1. The van der Waals surface area contributed by atoms with Crippen molar-refractivity contribution < 1.29 is 14.1 Å². The van der Waals surface area contributed by atoms with Crippen LogP contribution in [0.25, 0.3) is 0 Å². The van der Waals surface area contributed by atoms with Gasteiger partial charge in [0.2, 0.25) is 0 Å². The summed E-state index contributed by atoms with van der Waals surface area (Å²) >= 11 is 0. The van der Waals surface area contributed by atoms with E-state index in [4.69, 9.17) is 4.52 Å². The molecule has 0 N–H and O–H groups in total. The van der Waals surface area contributed by atoms with E-state index in [0.29, 0.717) is 17.7 Å². The van der Waals surface area contributed by atoms with Crippen LogP contribution in [0.5, 0.6) is 0 Å². The molecule has 4 nitrogen and oxygen atoms in total. The van der Waals surface area contributed by atoms with E-state index < -0.39 is 5.41 Å². The van der Waals surface area contributed by atoms with Crippen LogP contribution >= 0.6 is 0 Å². The van der Waals surface area contributed by atoms with Crippen LogP contribution in [0.1, 0.15) is 67.1 Å². The van der Waals surface area contributed by atoms with Gasteiger partial charge in [0.1, 0.15) is 5.76 Å². The number of aryl methyl sites for hydroxylation is 1. The summed E-state index contributed by atoms with van der Waals surface area (Å²) in [5.41, 5.74) is 2.24. The van der Waals surface area contributed by atoms with E-state index in [9.17, 15) is 9.59 Å². The zero-order valence-corrected chi connectivity index (χ0v) is 12.1. The Labute approximate surface area is 112 Å². The summed E-state index contributed by atoms with van der Waals surface area (Å²) in [7, 11) is 0. The third-order valence-electron chi connectivity index (χ3n) is 3.96. The zero-order valence-electron chi connectivity index (χ0n) is 12.1. The maximum atomic E-state index is 12.6. The molecule has 0 spiro atoms. The van der Waals surface area contributed by atoms with Crippen molar-refractivity contribution >= 4 is 11.6 Å². The van der Waals surface area contributed by atoms with Crippen molar-refractivity contribution in [3.8, 4) is 0 Å². The Balaban J connectivity index is 2.47. The summed E-state index contributed by atoms with van der Waals surface area (Å²) < 4.78 is 5.00. The fraction of sp³-hybridized carbons (Fsp3) is 0.533. The van der Waals surface area contributed by atoms with Gasteiger partial charge in [-0.3, -0.25) is 9.59 Å². The Hall–Kier alpha value is -1.71. The number of Topliss-reactive ketones (excluding diaryl/α,β-unsaturated/α-hetero) is 2. The molecule has 0 amide bonds. The first-order valence-electron chi connectivity index (χ1n) is 6.43. The molecular formula is C15H19NO3. The molecule has 0 aromatic carbocycles. The smallest absolute Gasteiger partial charge is 0.186 e. The molecule has 1 aromatic heterocycles. The van der Waals surface area contributed by atoms with E-state index in [0.717, 1.165) is 5.57 Å². The molecule has 1 unspecified atom stereocenters. The minimum absolute atomic E-state index is 0.0264. The van der Waals surface area contributed by atoms with Gasteiger partial charge in [0, 0.05) is 11.8 Å². The van der Waals surface area contributed by atoms with Crippen LogP contribution < -0.4 is 0 Å². The lowest BCUT2D eigenvalue weighted by Crippen LogP contribution is -2.37. The first-order valence-corrected chi connectivity index (χ1v) is 6.43. The van der Waals surface area contributed by atoms with E-state index in [-0.39, 0.29) is 23.7 Å². The summed E-state index contributed by atoms with van der Waals surface area (Å²) in [5.74, 6) is 0.311. The molecule has 102 valence electrons. The standard InChI is InChI=1S/C15H19NO3/c1-8(2)9(3)6-15(5)7-11(17)13-12(14(15)18)10(4)19-16-13/h6-7H2,1-5H3. The molecule has 1 heterocycles. The van der Waals surface area contributed by atoms with E-state index >= 15 is 0 Å². The molecule has 1 aromatic rings. The molecule has 0 saturated heterocycles. The quantitative estimate of drug-likeness (QED) is 0.764. The first kappa shape index (κ1) is 13.7. The van der Waals surface area contributed by atoms with Crippen molar-refractivity contribution in [2.75, 3.05) is 0 Å². The average molecular weight is 261 g/mol. The van der Waals surface area contributed by atoms with Gasteiger partial charge < -0.3 is 4.52 Å². The summed E-state index contributed by atoms with van der Waals surface area (Å²) in [4.78, 5) is 24.8. The third kappa shape index (κ3) is 2.15. The summed E-state index contributed by atoms with van der Waals surface area (Å²) in [6.07, 6.45) is 0.805. The zero-order chi connectivity index (χ0) is 14.4. The molecule has 19 heavy (non-hydrogen) atoms. The SMILES string of the molecule is CC(C)=C(C)CC1(C)CC(=O)c2noc(C)c2C1=O. The van der Waals surface area contributed by atoms with Gasteiger partial charge >= 0.3 is 0 Å². The topological polar surface area (TPSA) is 60.2 Å². The van der Waals surface area contributed by atoms with Crippen LogP contribution in [-0.4, -0.2) is 16.7 Å². The van der Waals surface area contributed by atoms with E-state index in [1.165, 1.54) is 5.57 Å². The van der Waals surface area contributed by atoms with Gasteiger partial charge in [-0.25, -0.2) is 0 Å². The molecule has 0 fully saturated rings. The number of hydrogen-bond acceptors (Lipinski definition) is 4. The predicted octanol–water partition coefficient (Wildman–Crippen LogP) is 3.50. The molecule has 0 bridgehead atoms. The maximum Gasteiger partial charge on any atom is 0.186 e. The normalized spacial score (nSPS) is 22.4. The second-order valence-corrected chi connectivity index (χ2v) is 5.91. The van der Waals surface area contributed by atoms with Gasteiger partial charge in [0.25, 0.3) is 0 Å². The van der Waals surface area contributed by atoms with Crippen molar-refractivity contribution in [3.63, 3.8) is 0 Å². The van der Waals surface area contributed by atoms with E-state index in [1.54, 1.807) is 6.92 Å². The van der Waals surface area contributed by atoms with Gasteiger partial charge in [-0.15, -0.1) is 0 Å². The van der Waals surface area contributed by atoms with Crippen molar-refractivity contribution in [2.45, 2.75) is 47.5 Å².